The number of halogens is 1. The lowest BCUT2D eigenvalue weighted by molar-refractivity contribution is -0.384. The Bertz CT molecular complexity index is 659. The molecule has 0 amide bonds. The minimum Gasteiger partial charge on any atom is -0.258 e. The SMILES string of the molecule is O=[N+]([O-])c1ccc(Cl)c(C=Nc2ccccc2S)c1. The van der Waals surface area contributed by atoms with Gasteiger partial charge < -0.3 is 0 Å². The summed E-state index contributed by atoms with van der Waals surface area (Å²) in [6.45, 7) is 0. The Morgan fingerprint density at radius 2 is 2.00 bits per heavy atom. The Hall–Kier alpha value is -1.85. The van der Waals surface area contributed by atoms with E-state index < -0.39 is 4.92 Å². The summed E-state index contributed by atoms with van der Waals surface area (Å²) in [5, 5.41) is 11.1. The molecule has 4 nitrogen and oxygen atoms in total. The molecule has 6 heteroatoms. The van der Waals surface area contributed by atoms with Crippen LogP contribution in [0, 0.1) is 10.1 Å². The first-order valence-electron chi connectivity index (χ1n) is 5.34. The van der Waals surface area contributed by atoms with Crippen molar-refractivity contribution in [3.05, 3.63) is 63.2 Å². The number of rotatable bonds is 3. The number of nitro groups is 1. The first-order valence-corrected chi connectivity index (χ1v) is 6.16. The molecule has 0 atom stereocenters. The minimum absolute atomic E-state index is 0.0231. The number of thiol groups is 1. The van der Waals surface area contributed by atoms with E-state index in [1.807, 2.05) is 18.2 Å². The van der Waals surface area contributed by atoms with Gasteiger partial charge in [-0.3, -0.25) is 15.1 Å². The third-order valence-corrected chi connectivity index (χ3v) is 3.14. The molecule has 0 radical (unpaired) electrons. The van der Waals surface area contributed by atoms with Crippen LogP contribution in [0.3, 0.4) is 0 Å². The van der Waals surface area contributed by atoms with Crippen molar-refractivity contribution in [1.29, 1.82) is 0 Å². The third kappa shape index (κ3) is 3.33. The van der Waals surface area contributed by atoms with E-state index in [-0.39, 0.29) is 5.69 Å². The van der Waals surface area contributed by atoms with Crippen molar-refractivity contribution in [3.63, 3.8) is 0 Å². The maximum atomic E-state index is 10.7. The van der Waals surface area contributed by atoms with Crippen LogP contribution in [0.1, 0.15) is 5.56 Å². The van der Waals surface area contributed by atoms with Gasteiger partial charge in [0, 0.05) is 33.8 Å². The van der Waals surface area contributed by atoms with Crippen LogP contribution in [-0.2, 0) is 0 Å². The van der Waals surface area contributed by atoms with Crippen molar-refractivity contribution in [2.24, 2.45) is 4.99 Å². The fourth-order valence-corrected chi connectivity index (χ4v) is 1.84. The van der Waals surface area contributed by atoms with E-state index in [2.05, 4.69) is 17.6 Å². The van der Waals surface area contributed by atoms with Crippen LogP contribution in [0.15, 0.2) is 52.4 Å². The molecule has 0 spiro atoms. The zero-order valence-electron chi connectivity index (χ0n) is 9.65. The first kappa shape index (κ1) is 13.6. The van der Waals surface area contributed by atoms with Gasteiger partial charge in [-0.15, -0.1) is 12.6 Å². The van der Waals surface area contributed by atoms with Gasteiger partial charge >= 0.3 is 0 Å². The third-order valence-electron chi connectivity index (χ3n) is 2.41. The quantitative estimate of drug-likeness (QED) is 0.397. The average molecular weight is 293 g/mol. The van der Waals surface area contributed by atoms with Gasteiger partial charge in [0.1, 0.15) is 0 Å². The largest absolute Gasteiger partial charge is 0.270 e. The second-order valence-electron chi connectivity index (χ2n) is 3.71. The molecule has 0 aliphatic rings. The molecule has 0 unspecified atom stereocenters. The average Bonchev–Trinajstić information content (AvgIpc) is 2.39. The van der Waals surface area contributed by atoms with E-state index in [0.29, 0.717) is 16.3 Å². The maximum absolute atomic E-state index is 10.7. The Kier molecular flexibility index (Phi) is 4.19. The summed E-state index contributed by atoms with van der Waals surface area (Å²) in [5.74, 6) is 0. The van der Waals surface area contributed by atoms with Gasteiger partial charge in [-0.2, -0.15) is 0 Å². The number of hydrogen-bond acceptors (Lipinski definition) is 4. The zero-order chi connectivity index (χ0) is 13.8. The molecule has 2 rings (SSSR count). The molecular formula is C13H9ClN2O2S. The van der Waals surface area contributed by atoms with Crippen molar-refractivity contribution in [1.82, 2.24) is 0 Å². The van der Waals surface area contributed by atoms with Crippen LogP contribution < -0.4 is 0 Å². The van der Waals surface area contributed by atoms with E-state index in [1.54, 1.807) is 6.07 Å². The van der Waals surface area contributed by atoms with Gasteiger partial charge in [0.15, 0.2) is 0 Å². The highest BCUT2D eigenvalue weighted by Gasteiger charge is 2.08. The lowest BCUT2D eigenvalue weighted by atomic mass is 10.2. The molecule has 96 valence electrons. The van der Waals surface area contributed by atoms with Crippen molar-refractivity contribution in [3.8, 4) is 0 Å². The predicted molar refractivity (Wildman–Crippen MR) is 79.1 cm³/mol. The molecule has 2 aromatic carbocycles. The Morgan fingerprint density at radius 1 is 1.26 bits per heavy atom. The molecule has 0 heterocycles. The molecule has 0 N–H and O–H groups in total. The molecule has 0 fully saturated rings. The number of hydrogen-bond donors (Lipinski definition) is 1. The van der Waals surface area contributed by atoms with Gasteiger partial charge in [0.05, 0.1) is 10.6 Å². The van der Waals surface area contributed by atoms with Crippen LogP contribution in [0.2, 0.25) is 5.02 Å². The molecular weight excluding hydrogens is 284 g/mol. The minimum atomic E-state index is -0.472. The van der Waals surface area contributed by atoms with Gasteiger partial charge in [-0.25, -0.2) is 0 Å². The number of nitrogens with zero attached hydrogens (tertiary/aromatic N) is 2. The number of benzene rings is 2. The highest BCUT2D eigenvalue weighted by molar-refractivity contribution is 7.80. The van der Waals surface area contributed by atoms with Crippen molar-refractivity contribution in [2.75, 3.05) is 0 Å². The number of aliphatic imine (C=N–C) groups is 1. The fraction of sp³-hybridized carbons (Fsp3) is 0. The Morgan fingerprint density at radius 3 is 2.68 bits per heavy atom. The monoisotopic (exact) mass is 292 g/mol. The van der Waals surface area contributed by atoms with Gasteiger partial charge in [0.2, 0.25) is 0 Å². The summed E-state index contributed by atoms with van der Waals surface area (Å²) < 4.78 is 0. The van der Waals surface area contributed by atoms with Crippen LogP contribution in [-0.4, -0.2) is 11.1 Å². The molecule has 2 aromatic rings. The van der Waals surface area contributed by atoms with Gasteiger partial charge in [0.25, 0.3) is 5.69 Å². The molecule has 0 aliphatic carbocycles. The van der Waals surface area contributed by atoms with Crippen molar-refractivity contribution in [2.45, 2.75) is 4.90 Å². The number of nitro benzene ring substituents is 1. The lowest BCUT2D eigenvalue weighted by Gasteiger charge is -2.00. The van der Waals surface area contributed by atoms with Crippen LogP contribution in [0.25, 0.3) is 0 Å². The molecule has 0 saturated carbocycles. The predicted octanol–water partition coefficient (Wildman–Crippen LogP) is 4.29. The van der Waals surface area contributed by atoms with Crippen LogP contribution in [0.5, 0.6) is 0 Å². The number of non-ortho nitro benzene ring substituents is 1. The first-order chi connectivity index (χ1) is 9.08. The standard InChI is InChI=1S/C13H9ClN2O2S/c14-11-6-5-10(16(17)18)7-9(11)8-15-12-3-1-2-4-13(12)19/h1-8,19H. The fourth-order valence-electron chi connectivity index (χ4n) is 1.46. The summed E-state index contributed by atoms with van der Waals surface area (Å²) in [4.78, 5) is 15.2. The summed E-state index contributed by atoms with van der Waals surface area (Å²) in [6.07, 6.45) is 1.49. The molecule has 0 bridgehead atoms. The van der Waals surface area contributed by atoms with Crippen molar-refractivity contribution >= 4 is 41.8 Å². The second-order valence-corrected chi connectivity index (χ2v) is 4.60. The normalized spacial score (nSPS) is 10.8. The summed E-state index contributed by atoms with van der Waals surface area (Å²) in [5.41, 5.74) is 1.14. The van der Waals surface area contributed by atoms with E-state index in [0.717, 1.165) is 4.90 Å². The Balaban J connectivity index is 2.35. The second kappa shape index (κ2) is 5.86. The van der Waals surface area contributed by atoms with Crippen LogP contribution >= 0.6 is 24.2 Å². The van der Waals surface area contributed by atoms with E-state index in [4.69, 9.17) is 11.6 Å². The molecule has 0 saturated heterocycles. The van der Waals surface area contributed by atoms with Gasteiger partial charge in [-0.05, 0) is 18.2 Å². The summed E-state index contributed by atoms with van der Waals surface area (Å²) in [7, 11) is 0. The Labute approximate surface area is 120 Å². The number of para-hydroxylation sites is 1. The van der Waals surface area contributed by atoms with E-state index >= 15 is 0 Å². The summed E-state index contributed by atoms with van der Waals surface area (Å²) >= 11 is 10.2. The highest BCUT2D eigenvalue weighted by Crippen LogP contribution is 2.24. The van der Waals surface area contributed by atoms with Gasteiger partial charge in [-0.1, -0.05) is 23.7 Å². The molecule has 19 heavy (non-hydrogen) atoms. The molecule has 0 aliphatic heterocycles. The topological polar surface area (TPSA) is 55.5 Å². The zero-order valence-corrected chi connectivity index (χ0v) is 11.3. The van der Waals surface area contributed by atoms with Crippen LogP contribution in [0.4, 0.5) is 11.4 Å². The molecule has 0 aromatic heterocycles. The van der Waals surface area contributed by atoms with E-state index in [9.17, 15) is 10.1 Å². The van der Waals surface area contributed by atoms with E-state index in [1.165, 1.54) is 24.4 Å². The van der Waals surface area contributed by atoms with Crippen molar-refractivity contribution < 1.29 is 4.92 Å². The highest BCUT2D eigenvalue weighted by atomic mass is 35.5. The maximum Gasteiger partial charge on any atom is 0.270 e. The lowest BCUT2D eigenvalue weighted by Crippen LogP contribution is -1.90. The summed E-state index contributed by atoms with van der Waals surface area (Å²) in [6, 6.07) is 11.5. The smallest absolute Gasteiger partial charge is 0.258 e.